The molecule has 2 aromatic rings. The number of hydrogen-bond acceptors (Lipinski definition) is 4. The van der Waals surface area contributed by atoms with E-state index in [2.05, 4.69) is 34.6 Å². The third-order valence-corrected chi connectivity index (χ3v) is 5.96. The van der Waals surface area contributed by atoms with Crippen LogP contribution in [0, 0.1) is 17.6 Å². The van der Waals surface area contributed by atoms with Crippen molar-refractivity contribution in [1.29, 1.82) is 0 Å². The Morgan fingerprint density at radius 1 is 1.33 bits per heavy atom. The van der Waals surface area contributed by atoms with Crippen LogP contribution in [0.3, 0.4) is 0 Å². The van der Waals surface area contributed by atoms with Crippen molar-refractivity contribution in [3.8, 4) is 5.80 Å². The number of aromatic nitrogens is 3. The molecule has 1 atom stereocenters. The smallest absolute Gasteiger partial charge is 0.252 e. The Labute approximate surface area is 178 Å². The maximum Gasteiger partial charge on any atom is 0.252 e. The normalized spacial score (nSPS) is 17.8. The zero-order valence-electron chi connectivity index (χ0n) is 17.9. The molecule has 1 saturated carbocycles. The number of fused-ring (bicyclic) bond motifs is 1. The van der Waals surface area contributed by atoms with Gasteiger partial charge < -0.3 is 10.7 Å². The number of H-pyrrole nitrogens is 1. The van der Waals surface area contributed by atoms with Gasteiger partial charge in [0, 0.05) is 12.1 Å². The number of nitrogens with zero attached hydrogens (tertiary/aromatic N) is 3. The van der Waals surface area contributed by atoms with Crippen LogP contribution in [0.15, 0.2) is 12.4 Å². The molecule has 1 unspecified atom stereocenters. The number of nitrogens with one attached hydrogen (secondary N) is 1. The van der Waals surface area contributed by atoms with E-state index in [1.165, 1.54) is 0 Å². The number of primary amides is 1. The summed E-state index contributed by atoms with van der Waals surface area (Å²) in [5.74, 6) is 4.03. The number of piperidine rings is 1. The van der Waals surface area contributed by atoms with Gasteiger partial charge in [-0.1, -0.05) is 0 Å². The van der Waals surface area contributed by atoms with Crippen LogP contribution in [0.5, 0.6) is 0 Å². The number of rotatable bonds is 5. The summed E-state index contributed by atoms with van der Waals surface area (Å²) in [6, 6.07) is 0. The van der Waals surface area contributed by atoms with Crippen LogP contribution in [0.2, 0.25) is 0 Å². The molecule has 1 saturated heterocycles. The first-order valence-corrected chi connectivity index (χ1v) is 10.8. The van der Waals surface area contributed by atoms with Crippen molar-refractivity contribution in [3.63, 3.8) is 0 Å². The molecule has 2 amide bonds. The number of likely N-dealkylation sites (tertiary alicyclic amines) is 1. The van der Waals surface area contributed by atoms with E-state index in [-0.39, 0.29) is 0 Å². The Hall–Kier alpha value is -2.60. The molecule has 0 radical (unpaired) electrons. The molecule has 8 heteroatoms. The topological polar surface area (TPSA) is 105 Å². The standard InChI is InChI=1S/C12H20BNO.C10H10N4O/c1-3-10(2)8-12(15)14-6-4-11(9-13)5-7-14;11-9(15)6-3-12-10-8(6)14-7(4-13-10)5-1-2-5/h10-11H,3-8H2,1-2H3;3-5H,1-2H2,(H2,11,15)(H,12,13). The minimum atomic E-state index is -0.469. The molecule has 7 nitrogen and oxygen atoms in total. The molecule has 4 rings (SSSR count). The van der Waals surface area contributed by atoms with Gasteiger partial charge in [-0.25, -0.2) is 9.97 Å². The first kappa shape index (κ1) is 22.1. The minimum absolute atomic E-state index is 0.305. The van der Waals surface area contributed by atoms with Crippen molar-refractivity contribution >= 4 is 30.3 Å². The summed E-state index contributed by atoms with van der Waals surface area (Å²) in [4.78, 5) is 36.4. The van der Waals surface area contributed by atoms with Gasteiger partial charge in [0.2, 0.25) is 0 Å². The van der Waals surface area contributed by atoms with Crippen molar-refractivity contribution in [3.05, 3.63) is 23.7 Å². The Morgan fingerprint density at radius 3 is 2.60 bits per heavy atom. The summed E-state index contributed by atoms with van der Waals surface area (Å²) in [7, 11) is 5.37. The Kier molecular flexibility index (Phi) is 7.32. The molecule has 2 aromatic heterocycles. The summed E-state index contributed by atoms with van der Waals surface area (Å²) in [5.41, 5.74) is 7.83. The second kappa shape index (κ2) is 9.94. The number of carbonyl (C=O) groups is 2. The Morgan fingerprint density at radius 2 is 2.03 bits per heavy atom. The first-order valence-electron chi connectivity index (χ1n) is 10.8. The SMILES string of the molecule is B#CC1CCN(C(=O)CC(C)CC)CC1.NC(=O)c1c[nH]c2ncc(C3CC3)nc12. The number of aromatic amines is 1. The van der Waals surface area contributed by atoms with Gasteiger partial charge in [-0.05, 0) is 12.8 Å². The quantitative estimate of drug-likeness (QED) is 0.744. The number of amides is 2. The van der Waals surface area contributed by atoms with Gasteiger partial charge in [0.15, 0.2) is 5.65 Å². The molecule has 1 aliphatic carbocycles. The van der Waals surface area contributed by atoms with E-state index in [1.54, 1.807) is 12.4 Å². The molecule has 0 aromatic carbocycles. The van der Waals surface area contributed by atoms with Crippen LogP contribution in [-0.2, 0) is 4.79 Å². The van der Waals surface area contributed by atoms with Gasteiger partial charge in [0.25, 0.3) is 5.91 Å². The largest absolute Gasteiger partial charge is 0.365 e. The second-order valence-electron chi connectivity index (χ2n) is 8.37. The minimum Gasteiger partial charge on any atom is -0.365 e. The molecule has 158 valence electrons. The van der Waals surface area contributed by atoms with Crippen molar-refractivity contribution in [2.45, 2.75) is 58.3 Å². The average molecular weight is 407 g/mol. The molecule has 2 fully saturated rings. The van der Waals surface area contributed by atoms with E-state index >= 15 is 0 Å². The molecular formula is C22H30BN5O2. The first-order chi connectivity index (χ1) is 14.4. The van der Waals surface area contributed by atoms with E-state index in [0.717, 1.165) is 50.9 Å². The predicted octanol–water partition coefficient (Wildman–Crippen LogP) is 2.72. The van der Waals surface area contributed by atoms with Crippen LogP contribution in [-0.4, -0.2) is 52.1 Å². The zero-order valence-corrected chi connectivity index (χ0v) is 17.9. The fourth-order valence-corrected chi connectivity index (χ4v) is 3.54. The fraction of sp³-hybridized carbons (Fsp3) is 0.591. The zero-order chi connectivity index (χ0) is 21.7. The monoisotopic (exact) mass is 407 g/mol. The van der Waals surface area contributed by atoms with E-state index in [1.807, 2.05) is 4.90 Å². The summed E-state index contributed by atoms with van der Waals surface area (Å²) in [6.45, 7) is 5.96. The molecule has 0 spiro atoms. The molecular weight excluding hydrogens is 377 g/mol. The van der Waals surface area contributed by atoms with Crippen LogP contribution >= 0.6 is 0 Å². The summed E-state index contributed by atoms with van der Waals surface area (Å²) in [6.07, 6.45) is 9.37. The van der Waals surface area contributed by atoms with Crippen molar-refractivity contribution in [1.82, 2.24) is 19.9 Å². The van der Waals surface area contributed by atoms with Crippen LogP contribution in [0.1, 0.15) is 74.3 Å². The third-order valence-electron chi connectivity index (χ3n) is 5.96. The molecule has 3 heterocycles. The maximum absolute atomic E-state index is 11.8. The number of hydrogen-bond donors (Lipinski definition) is 2. The van der Waals surface area contributed by atoms with Gasteiger partial charge in [-0.15, -0.1) is 0 Å². The second-order valence-corrected chi connectivity index (χ2v) is 8.37. The predicted molar refractivity (Wildman–Crippen MR) is 117 cm³/mol. The summed E-state index contributed by atoms with van der Waals surface area (Å²) in [5, 5.41) is 0. The van der Waals surface area contributed by atoms with Crippen LogP contribution < -0.4 is 5.73 Å². The van der Waals surface area contributed by atoms with Crippen molar-refractivity contribution in [2.24, 2.45) is 17.6 Å². The Balaban J connectivity index is 0.000000171. The van der Waals surface area contributed by atoms with Crippen molar-refractivity contribution in [2.75, 3.05) is 13.1 Å². The van der Waals surface area contributed by atoms with Crippen molar-refractivity contribution < 1.29 is 9.59 Å². The third kappa shape index (κ3) is 5.51. The van der Waals surface area contributed by atoms with Gasteiger partial charge in [0.05, 0.1) is 17.5 Å². The van der Waals surface area contributed by atoms with E-state index < -0.39 is 5.91 Å². The summed E-state index contributed by atoms with van der Waals surface area (Å²) >= 11 is 0. The summed E-state index contributed by atoms with van der Waals surface area (Å²) < 4.78 is 0. The van der Waals surface area contributed by atoms with Gasteiger partial charge in [-0.3, -0.25) is 4.79 Å². The molecule has 0 bridgehead atoms. The molecule has 1 aliphatic heterocycles. The van der Waals surface area contributed by atoms with Gasteiger partial charge in [0.1, 0.15) is 5.52 Å². The molecule has 3 N–H and O–H groups in total. The van der Waals surface area contributed by atoms with Crippen LogP contribution in [0.4, 0.5) is 0 Å². The van der Waals surface area contributed by atoms with E-state index in [0.29, 0.717) is 46.8 Å². The maximum atomic E-state index is 11.8. The van der Waals surface area contributed by atoms with Gasteiger partial charge in [-0.2, -0.15) is 0 Å². The average Bonchev–Trinajstić information content (AvgIpc) is 3.52. The number of carbonyl (C=O) groups excluding carboxylic acids is 2. The molecule has 30 heavy (non-hydrogen) atoms. The van der Waals surface area contributed by atoms with Gasteiger partial charge >= 0.3 is 93.2 Å². The van der Waals surface area contributed by atoms with E-state index in [4.69, 9.17) is 13.1 Å². The fourth-order valence-electron chi connectivity index (χ4n) is 3.54. The van der Waals surface area contributed by atoms with E-state index in [9.17, 15) is 9.59 Å². The molecule has 2 aliphatic rings. The number of nitrogens with two attached hydrogens (primary N) is 1. The van der Waals surface area contributed by atoms with Crippen LogP contribution in [0.25, 0.3) is 11.2 Å². The Bertz CT molecular complexity index is 939.